The summed E-state index contributed by atoms with van der Waals surface area (Å²) < 4.78 is 4.31. The van der Waals surface area contributed by atoms with Gasteiger partial charge in [-0.25, -0.2) is 9.13 Å². The van der Waals surface area contributed by atoms with Crippen LogP contribution in [0.15, 0.2) is 18.7 Å². The second-order valence-electron chi connectivity index (χ2n) is 2.07. The first-order valence-electron chi connectivity index (χ1n) is 3.41. The fourth-order valence-corrected chi connectivity index (χ4v) is 0.813. The molecule has 0 N–H and O–H groups in total. The van der Waals surface area contributed by atoms with Crippen molar-refractivity contribution in [1.82, 2.24) is 4.57 Å². The molecule has 0 saturated heterocycles. The summed E-state index contributed by atoms with van der Waals surface area (Å²) >= 11 is 0. The van der Waals surface area contributed by atoms with Gasteiger partial charge in [-0.2, -0.15) is 0 Å². The van der Waals surface area contributed by atoms with Crippen molar-refractivity contribution in [3.05, 3.63) is 18.7 Å². The van der Waals surface area contributed by atoms with Crippen LogP contribution in [0.2, 0.25) is 0 Å². The molecule has 56 valence electrons. The van der Waals surface area contributed by atoms with Crippen molar-refractivity contribution in [2.75, 3.05) is 0 Å². The third-order valence-electron chi connectivity index (χ3n) is 1.48. The number of aromatic nitrogens is 2. The molecule has 1 heterocycles. The topological polar surface area (TPSA) is 8.81 Å². The lowest BCUT2D eigenvalue weighted by atomic mass is 10.7. The summed E-state index contributed by atoms with van der Waals surface area (Å²) in [7, 11) is 0. The van der Waals surface area contributed by atoms with Gasteiger partial charge >= 0.3 is 0 Å². The van der Waals surface area contributed by atoms with Gasteiger partial charge in [0.05, 0.1) is 21.5 Å². The summed E-state index contributed by atoms with van der Waals surface area (Å²) in [5.41, 5.74) is 0. The Bertz CT molecular complexity index is 165. The van der Waals surface area contributed by atoms with Crippen molar-refractivity contribution in [3.63, 3.8) is 0 Å². The molecular weight excluding hydrogens is 123 g/mol. The SMILES string of the molecule is B.CCn1cc[n+](CC)c1. The lowest BCUT2D eigenvalue weighted by Gasteiger charge is -1.84. The Labute approximate surface area is 64.1 Å². The van der Waals surface area contributed by atoms with Crippen LogP contribution in [0.1, 0.15) is 13.8 Å². The molecule has 0 radical (unpaired) electrons. The van der Waals surface area contributed by atoms with Crippen molar-refractivity contribution in [1.29, 1.82) is 0 Å². The largest absolute Gasteiger partial charge is 0.243 e. The summed E-state index contributed by atoms with van der Waals surface area (Å²) in [5.74, 6) is 0. The molecule has 1 rings (SSSR count). The number of rotatable bonds is 2. The van der Waals surface area contributed by atoms with Gasteiger partial charge in [0.25, 0.3) is 0 Å². The highest BCUT2D eigenvalue weighted by molar-refractivity contribution is 5.75. The van der Waals surface area contributed by atoms with Crippen LogP contribution in [0, 0.1) is 0 Å². The van der Waals surface area contributed by atoms with Crippen LogP contribution < -0.4 is 4.57 Å². The van der Waals surface area contributed by atoms with Crippen molar-refractivity contribution in [2.24, 2.45) is 0 Å². The molecule has 1 aromatic rings. The molecule has 0 aliphatic rings. The van der Waals surface area contributed by atoms with E-state index in [9.17, 15) is 0 Å². The van der Waals surface area contributed by atoms with E-state index >= 15 is 0 Å². The second kappa shape index (κ2) is 4.15. The smallest absolute Gasteiger partial charge is 0.237 e. The molecule has 0 aliphatic carbocycles. The maximum absolute atomic E-state index is 2.16. The van der Waals surface area contributed by atoms with Gasteiger partial charge < -0.3 is 0 Å². The van der Waals surface area contributed by atoms with Crippen molar-refractivity contribution in [2.45, 2.75) is 26.9 Å². The molecule has 0 saturated carbocycles. The Kier molecular flexibility index (Phi) is 3.85. The average molecular weight is 139 g/mol. The Morgan fingerprint density at radius 2 is 2.10 bits per heavy atom. The van der Waals surface area contributed by atoms with Gasteiger partial charge in [-0.1, -0.05) is 0 Å². The number of hydrogen-bond acceptors (Lipinski definition) is 0. The van der Waals surface area contributed by atoms with Gasteiger partial charge in [-0.05, 0) is 13.8 Å². The summed E-state index contributed by atoms with van der Waals surface area (Å²) in [6, 6.07) is 0. The van der Waals surface area contributed by atoms with Gasteiger partial charge in [-0.15, -0.1) is 0 Å². The van der Waals surface area contributed by atoms with Crippen LogP contribution in [-0.4, -0.2) is 13.0 Å². The molecule has 0 aliphatic heterocycles. The lowest BCUT2D eigenvalue weighted by molar-refractivity contribution is -0.693. The molecule has 0 fully saturated rings. The van der Waals surface area contributed by atoms with Crippen LogP contribution >= 0.6 is 0 Å². The quantitative estimate of drug-likeness (QED) is 0.390. The van der Waals surface area contributed by atoms with Crippen molar-refractivity contribution in [3.8, 4) is 0 Å². The van der Waals surface area contributed by atoms with Crippen LogP contribution in [0.4, 0.5) is 0 Å². The minimum absolute atomic E-state index is 0. The van der Waals surface area contributed by atoms with E-state index in [4.69, 9.17) is 0 Å². The van der Waals surface area contributed by atoms with Crippen molar-refractivity contribution < 1.29 is 4.57 Å². The molecule has 2 nitrogen and oxygen atoms in total. The second-order valence-corrected chi connectivity index (χ2v) is 2.07. The molecule has 1 aromatic heterocycles. The number of nitrogens with zero attached hydrogens (tertiary/aromatic N) is 2. The summed E-state index contributed by atoms with van der Waals surface area (Å²) in [5, 5.41) is 0. The Balaban J connectivity index is 0.000000810. The Hall–Kier alpha value is -0.725. The molecule has 0 unspecified atom stereocenters. The minimum atomic E-state index is 0. The zero-order chi connectivity index (χ0) is 6.69. The van der Waals surface area contributed by atoms with Crippen LogP contribution in [0.5, 0.6) is 0 Å². The molecule has 0 bridgehead atoms. The van der Waals surface area contributed by atoms with E-state index in [0.29, 0.717) is 0 Å². The number of aryl methyl sites for hydroxylation is 2. The first kappa shape index (κ1) is 9.27. The summed E-state index contributed by atoms with van der Waals surface area (Å²) in [4.78, 5) is 0. The predicted octanol–water partition coefficient (Wildman–Crippen LogP) is -0.369. The number of imidazole rings is 1. The van der Waals surface area contributed by atoms with Crippen molar-refractivity contribution >= 4 is 8.41 Å². The molecule has 0 atom stereocenters. The van der Waals surface area contributed by atoms with Gasteiger partial charge in [0, 0.05) is 0 Å². The van der Waals surface area contributed by atoms with E-state index in [0.717, 1.165) is 13.1 Å². The normalized spacial score (nSPS) is 9.00. The average Bonchev–Trinajstić information content (AvgIpc) is 2.34. The summed E-state index contributed by atoms with van der Waals surface area (Å²) in [6.07, 6.45) is 6.28. The van der Waals surface area contributed by atoms with Gasteiger partial charge in [-0.3, -0.25) is 0 Å². The van der Waals surface area contributed by atoms with E-state index < -0.39 is 0 Å². The van der Waals surface area contributed by atoms with E-state index in [-0.39, 0.29) is 8.41 Å². The van der Waals surface area contributed by atoms with Gasteiger partial charge in [0.1, 0.15) is 12.4 Å². The maximum atomic E-state index is 2.16. The van der Waals surface area contributed by atoms with Crippen LogP contribution in [0.3, 0.4) is 0 Å². The minimum Gasteiger partial charge on any atom is -0.237 e. The monoisotopic (exact) mass is 139 g/mol. The standard InChI is InChI=1S/C7H13N2.BH3/c1-3-8-5-6-9(4-2)7-8;/h5-7H,3-4H2,1-2H3;1H3/q+1;. The van der Waals surface area contributed by atoms with E-state index in [2.05, 4.69) is 41.7 Å². The molecular formula is C7H16BN2+. The number of hydrogen-bond donors (Lipinski definition) is 0. The fourth-order valence-electron chi connectivity index (χ4n) is 0.813. The predicted molar refractivity (Wildman–Crippen MR) is 45.9 cm³/mol. The molecule has 0 aromatic carbocycles. The van der Waals surface area contributed by atoms with E-state index in [1.165, 1.54) is 0 Å². The van der Waals surface area contributed by atoms with E-state index in [1.54, 1.807) is 0 Å². The van der Waals surface area contributed by atoms with Crippen LogP contribution in [0.25, 0.3) is 0 Å². The Morgan fingerprint density at radius 3 is 2.40 bits per heavy atom. The van der Waals surface area contributed by atoms with E-state index in [1.807, 2.05) is 0 Å². The molecule has 0 amide bonds. The zero-order valence-electron chi connectivity index (χ0n) is 6.04. The van der Waals surface area contributed by atoms with Gasteiger partial charge in [0.2, 0.25) is 6.33 Å². The highest BCUT2D eigenvalue weighted by Gasteiger charge is 1.95. The highest BCUT2D eigenvalue weighted by Crippen LogP contribution is 1.81. The highest BCUT2D eigenvalue weighted by atomic mass is 15.1. The van der Waals surface area contributed by atoms with Gasteiger partial charge in [0.15, 0.2) is 0 Å². The molecule has 0 spiro atoms. The lowest BCUT2D eigenvalue weighted by Crippen LogP contribution is -2.28. The molecule has 10 heavy (non-hydrogen) atoms. The first-order valence-corrected chi connectivity index (χ1v) is 3.41. The zero-order valence-corrected chi connectivity index (χ0v) is 6.04. The maximum Gasteiger partial charge on any atom is 0.243 e. The van der Waals surface area contributed by atoms with Crippen LogP contribution in [-0.2, 0) is 13.1 Å². The fraction of sp³-hybridized carbons (Fsp3) is 0.571. The third-order valence-corrected chi connectivity index (χ3v) is 1.48. The Morgan fingerprint density at radius 1 is 1.40 bits per heavy atom. The third kappa shape index (κ3) is 1.90. The first-order chi connectivity index (χ1) is 4.36. The molecule has 3 heteroatoms. The summed E-state index contributed by atoms with van der Waals surface area (Å²) in [6.45, 7) is 6.40.